The van der Waals surface area contributed by atoms with Gasteiger partial charge in [-0.1, -0.05) is 6.92 Å². The molecular formula is C12H21N3. The van der Waals surface area contributed by atoms with Crippen molar-refractivity contribution in [2.45, 2.75) is 38.6 Å². The van der Waals surface area contributed by atoms with Gasteiger partial charge >= 0.3 is 0 Å². The van der Waals surface area contributed by atoms with Crippen LogP contribution >= 0.6 is 0 Å². The Morgan fingerprint density at radius 3 is 3.07 bits per heavy atom. The molecule has 3 nitrogen and oxygen atoms in total. The summed E-state index contributed by atoms with van der Waals surface area (Å²) in [5.74, 6) is 1.24. The van der Waals surface area contributed by atoms with Crippen molar-refractivity contribution in [1.82, 2.24) is 14.5 Å². The molecule has 1 unspecified atom stereocenters. The number of hydrogen-bond acceptors (Lipinski definition) is 2. The largest absolute Gasteiger partial charge is 0.332 e. The Balaban J connectivity index is 2.09. The lowest BCUT2D eigenvalue weighted by molar-refractivity contribution is 0.340. The zero-order chi connectivity index (χ0) is 10.7. The molecule has 0 radical (unpaired) electrons. The predicted octanol–water partition coefficient (Wildman–Crippen LogP) is 2.10. The van der Waals surface area contributed by atoms with E-state index in [4.69, 9.17) is 0 Å². The van der Waals surface area contributed by atoms with Crippen LogP contribution in [0.25, 0.3) is 0 Å². The van der Waals surface area contributed by atoms with Crippen molar-refractivity contribution in [1.29, 1.82) is 0 Å². The maximum Gasteiger partial charge on any atom is 0.108 e. The lowest BCUT2D eigenvalue weighted by Gasteiger charge is -2.18. The van der Waals surface area contributed by atoms with Gasteiger partial charge in [-0.25, -0.2) is 4.98 Å². The Bertz CT molecular complexity index is 306. The summed E-state index contributed by atoms with van der Waals surface area (Å²) in [4.78, 5) is 6.84. The van der Waals surface area contributed by atoms with Gasteiger partial charge in [-0.15, -0.1) is 0 Å². The second-order valence-corrected chi connectivity index (χ2v) is 4.49. The van der Waals surface area contributed by atoms with Gasteiger partial charge in [0.2, 0.25) is 0 Å². The third kappa shape index (κ3) is 2.40. The standard InChI is InChI=1S/C12H21N3/c1-3-12-13-7-10-15(12)11-5-4-8-14(2)9-6-11/h7,10-11H,3-6,8-9H2,1-2H3. The number of hydrogen-bond donors (Lipinski definition) is 0. The van der Waals surface area contributed by atoms with Crippen LogP contribution in [0.1, 0.15) is 38.1 Å². The maximum atomic E-state index is 4.41. The van der Waals surface area contributed by atoms with Crippen LogP contribution in [0.15, 0.2) is 12.4 Å². The monoisotopic (exact) mass is 207 g/mol. The molecule has 0 aromatic carbocycles. The fraction of sp³-hybridized carbons (Fsp3) is 0.750. The first-order chi connectivity index (χ1) is 7.31. The molecule has 84 valence electrons. The number of aromatic nitrogens is 2. The summed E-state index contributed by atoms with van der Waals surface area (Å²) >= 11 is 0. The lowest BCUT2D eigenvalue weighted by Crippen LogP contribution is -2.19. The molecule has 0 spiro atoms. The van der Waals surface area contributed by atoms with E-state index >= 15 is 0 Å². The van der Waals surface area contributed by atoms with E-state index < -0.39 is 0 Å². The molecule has 1 saturated heterocycles. The van der Waals surface area contributed by atoms with Crippen LogP contribution in [0.3, 0.4) is 0 Å². The Labute approximate surface area is 92.1 Å². The topological polar surface area (TPSA) is 21.1 Å². The second-order valence-electron chi connectivity index (χ2n) is 4.49. The number of likely N-dealkylation sites (tertiary alicyclic amines) is 1. The smallest absolute Gasteiger partial charge is 0.108 e. The minimum Gasteiger partial charge on any atom is -0.332 e. The Hall–Kier alpha value is -0.830. The normalized spacial score (nSPS) is 24.0. The molecule has 0 aliphatic carbocycles. The lowest BCUT2D eigenvalue weighted by atomic mass is 10.1. The van der Waals surface area contributed by atoms with Crippen molar-refractivity contribution in [3.8, 4) is 0 Å². The maximum absolute atomic E-state index is 4.41. The van der Waals surface area contributed by atoms with Crippen molar-refractivity contribution in [3.05, 3.63) is 18.2 Å². The van der Waals surface area contributed by atoms with Gasteiger partial charge in [0.05, 0.1) is 0 Å². The number of imidazole rings is 1. The Kier molecular flexibility index (Phi) is 3.41. The van der Waals surface area contributed by atoms with E-state index in [1.54, 1.807) is 0 Å². The minimum atomic E-state index is 0.674. The van der Waals surface area contributed by atoms with Crippen LogP contribution < -0.4 is 0 Å². The van der Waals surface area contributed by atoms with Gasteiger partial charge in [0.1, 0.15) is 5.82 Å². The molecule has 1 aliphatic heterocycles. The van der Waals surface area contributed by atoms with Gasteiger partial charge in [0.15, 0.2) is 0 Å². The Morgan fingerprint density at radius 1 is 1.40 bits per heavy atom. The van der Waals surface area contributed by atoms with Crippen LogP contribution in [-0.4, -0.2) is 34.6 Å². The third-order valence-corrected chi connectivity index (χ3v) is 3.38. The van der Waals surface area contributed by atoms with Crippen LogP contribution in [0.4, 0.5) is 0 Å². The summed E-state index contributed by atoms with van der Waals surface area (Å²) in [7, 11) is 2.22. The van der Waals surface area contributed by atoms with E-state index in [0.717, 1.165) is 6.42 Å². The fourth-order valence-electron chi connectivity index (χ4n) is 2.45. The average Bonchev–Trinajstić information content (AvgIpc) is 2.61. The molecule has 2 rings (SSSR count). The van der Waals surface area contributed by atoms with Crippen molar-refractivity contribution >= 4 is 0 Å². The quantitative estimate of drug-likeness (QED) is 0.740. The van der Waals surface area contributed by atoms with E-state index in [2.05, 4.69) is 34.6 Å². The van der Waals surface area contributed by atoms with Gasteiger partial charge in [0.25, 0.3) is 0 Å². The second kappa shape index (κ2) is 4.79. The molecule has 2 heterocycles. The highest BCUT2D eigenvalue weighted by molar-refractivity contribution is 4.95. The summed E-state index contributed by atoms with van der Waals surface area (Å²) in [6.45, 7) is 4.64. The summed E-state index contributed by atoms with van der Waals surface area (Å²) in [5.41, 5.74) is 0. The molecule has 0 amide bonds. The van der Waals surface area contributed by atoms with E-state index in [1.165, 1.54) is 38.2 Å². The predicted molar refractivity (Wildman–Crippen MR) is 62.0 cm³/mol. The number of aryl methyl sites for hydroxylation is 1. The highest BCUT2D eigenvalue weighted by Crippen LogP contribution is 2.23. The van der Waals surface area contributed by atoms with Crippen LogP contribution in [0, 0.1) is 0 Å². The molecule has 1 fully saturated rings. The molecular weight excluding hydrogens is 186 g/mol. The van der Waals surface area contributed by atoms with E-state index in [0.29, 0.717) is 6.04 Å². The molecule has 3 heteroatoms. The zero-order valence-electron chi connectivity index (χ0n) is 9.82. The van der Waals surface area contributed by atoms with Crippen molar-refractivity contribution in [3.63, 3.8) is 0 Å². The van der Waals surface area contributed by atoms with Gasteiger partial charge in [-0.2, -0.15) is 0 Å². The van der Waals surface area contributed by atoms with Gasteiger partial charge in [-0.05, 0) is 39.4 Å². The van der Waals surface area contributed by atoms with E-state index in [9.17, 15) is 0 Å². The third-order valence-electron chi connectivity index (χ3n) is 3.38. The van der Waals surface area contributed by atoms with Crippen molar-refractivity contribution in [2.75, 3.05) is 20.1 Å². The number of nitrogens with zero attached hydrogens (tertiary/aromatic N) is 3. The molecule has 1 aliphatic rings. The summed E-state index contributed by atoms with van der Waals surface area (Å²) in [6, 6.07) is 0.674. The van der Waals surface area contributed by atoms with Gasteiger partial charge < -0.3 is 9.47 Å². The van der Waals surface area contributed by atoms with Crippen LogP contribution in [-0.2, 0) is 6.42 Å². The molecule has 1 aromatic heterocycles. The van der Waals surface area contributed by atoms with Crippen LogP contribution in [0.5, 0.6) is 0 Å². The molecule has 0 N–H and O–H groups in total. The zero-order valence-corrected chi connectivity index (χ0v) is 9.82. The minimum absolute atomic E-state index is 0.674. The van der Waals surface area contributed by atoms with Crippen LogP contribution in [0.2, 0.25) is 0 Å². The fourth-order valence-corrected chi connectivity index (χ4v) is 2.45. The number of rotatable bonds is 2. The molecule has 1 aromatic rings. The Morgan fingerprint density at radius 2 is 2.27 bits per heavy atom. The molecule has 1 atom stereocenters. The molecule has 15 heavy (non-hydrogen) atoms. The van der Waals surface area contributed by atoms with E-state index in [1.807, 2.05) is 6.20 Å². The average molecular weight is 207 g/mol. The summed E-state index contributed by atoms with van der Waals surface area (Å²) < 4.78 is 2.39. The van der Waals surface area contributed by atoms with Crippen molar-refractivity contribution in [2.24, 2.45) is 0 Å². The van der Waals surface area contributed by atoms with Gasteiger partial charge in [0, 0.05) is 24.9 Å². The summed E-state index contributed by atoms with van der Waals surface area (Å²) in [6.07, 6.45) is 9.00. The SMILES string of the molecule is CCc1nccn1C1CCCN(C)CC1. The molecule has 0 bridgehead atoms. The first-order valence-electron chi connectivity index (χ1n) is 6.01. The molecule has 0 saturated carbocycles. The highest BCUT2D eigenvalue weighted by atomic mass is 15.1. The highest BCUT2D eigenvalue weighted by Gasteiger charge is 2.17. The van der Waals surface area contributed by atoms with E-state index in [-0.39, 0.29) is 0 Å². The van der Waals surface area contributed by atoms with Gasteiger partial charge in [-0.3, -0.25) is 0 Å². The first kappa shape index (κ1) is 10.7. The first-order valence-corrected chi connectivity index (χ1v) is 6.01. The summed E-state index contributed by atoms with van der Waals surface area (Å²) in [5, 5.41) is 0. The van der Waals surface area contributed by atoms with Crippen molar-refractivity contribution < 1.29 is 0 Å².